The second kappa shape index (κ2) is 5.82. The molecule has 1 aliphatic rings. The predicted octanol–water partition coefficient (Wildman–Crippen LogP) is 1.69. The molecule has 1 fully saturated rings. The zero-order chi connectivity index (χ0) is 13.0. The van der Waals surface area contributed by atoms with E-state index in [0.29, 0.717) is 13.2 Å². The maximum atomic E-state index is 13.4. The number of rotatable bonds is 3. The summed E-state index contributed by atoms with van der Waals surface area (Å²) in [5.41, 5.74) is -0.297. The van der Waals surface area contributed by atoms with Crippen LogP contribution in [0, 0.1) is 11.7 Å². The molecule has 1 aliphatic heterocycles. The molecule has 0 bridgehead atoms. The second-order valence-electron chi connectivity index (χ2n) is 4.43. The van der Waals surface area contributed by atoms with Crippen LogP contribution < -0.4 is 5.32 Å². The molecule has 2 rings (SSSR count). The van der Waals surface area contributed by atoms with Gasteiger partial charge in [-0.1, -0.05) is 6.07 Å². The lowest BCUT2D eigenvalue weighted by Crippen LogP contribution is -2.33. The summed E-state index contributed by atoms with van der Waals surface area (Å²) in [5, 5.41) is 12.1. The van der Waals surface area contributed by atoms with Crippen LogP contribution in [0.3, 0.4) is 0 Å². The number of aromatic hydroxyl groups is 1. The zero-order valence-electron chi connectivity index (χ0n) is 9.99. The van der Waals surface area contributed by atoms with Gasteiger partial charge in [0, 0.05) is 13.2 Å². The summed E-state index contributed by atoms with van der Waals surface area (Å²) >= 11 is 0. The fourth-order valence-corrected chi connectivity index (χ4v) is 2.03. The van der Waals surface area contributed by atoms with Gasteiger partial charge in [-0.05, 0) is 30.9 Å². The predicted molar refractivity (Wildman–Crippen MR) is 63.9 cm³/mol. The number of benzene rings is 1. The molecular weight excluding hydrogens is 237 g/mol. The van der Waals surface area contributed by atoms with E-state index in [1.807, 2.05) is 0 Å². The Bertz CT molecular complexity index is 410. The van der Waals surface area contributed by atoms with Gasteiger partial charge in [0.15, 0.2) is 0 Å². The van der Waals surface area contributed by atoms with Gasteiger partial charge < -0.3 is 15.2 Å². The monoisotopic (exact) mass is 253 g/mol. The van der Waals surface area contributed by atoms with Gasteiger partial charge in [-0.3, -0.25) is 4.79 Å². The summed E-state index contributed by atoms with van der Waals surface area (Å²) in [7, 11) is 0. The van der Waals surface area contributed by atoms with Crippen molar-refractivity contribution in [3.05, 3.63) is 29.6 Å². The third-order valence-corrected chi connectivity index (χ3v) is 3.02. The van der Waals surface area contributed by atoms with E-state index in [0.717, 1.165) is 25.5 Å². The molecule has 18 heavy (non-hydrogen) atoms. The minimum Gasteiger partial charge on any atom is -0.507 e. The molecule has 1 saturated heterocycles. The van der Waals surface area contributed by atoms with Gasteiger partial charge in [-0.15, -0.1) is 0 Å². The lowest BCUT2D eigenvalue weighted by atomic mass is 10.0. The Labute approximate surface area is 105 Å². The van der Waals surface area contributed by atoms with Crippen molar-refractivity contribution in [1.29, 1.82) is 0 Å². The Morgan fingerprint density at radius 1 is 1.56 bits per heavy atom. The molecule has 2 N–H and O–H groups in total. The van der Waals surface area contributed by atoms with Crippen molar-refractivity contribution >= 4 is 5.91 Å². The van der Waals surface area contributed by atoms with Gasteiger partial charge >= 0.3 is 0 Å². The van der Waals surface area contributed by atoms with Crippen molar-refractivity contribution in [1.82, 2.24) is 5.32 Å². The van der Waals surface area contributed by atoms with Crippen LogP contribution >= 0.6 is 0 Å². The summed E-state index contributed by atoms with van der Waals surface area (Å²) < 4.78 is 18.7. The molecule has 1 aromatic rings. The zero-order valence-corrected chi connectivity index (χ0v) is 9.99. The van der Waals surface area contributed by atoms with E-state index in [9.17, 15) is 14.3 Å². The van der Waals surface area contributed by atoms with Crippen molar-refractivity contribution in [2.75, 3.05) is 19.8 Å². The van der Waals surface area contributed by atoms with Gasteiger partial charge in [0.25, 0.3) is 5.91 Å². The molecule has 0 aromatic heterocycles. The second-order valence-corrected chi connectivity index (χ2v) is 4.43. The fourth-order valence-electron chi connectivity index (χ4n) is 2.03. The molecule has 0 spiro atoms. The number of ether oxygens (including phenoxy) is 1. The summed E-state index contributed by atoms with van der Waals surface area (Å²) in [6.07, 6.45) is 1.97. The normalized spacial score (nSPS) is 19.5. The van der Waals surface area contributed by atoms with E-state index < -0.39 is 11.7 Å². The van der Waals surface area contributed by atoms with Crippen LogP contribution in [-0.4, -0.2) is 30.8 Å². The quantitative estimate of drug-likeness (QED) is 0.861. The van der Waals surface area contributed by atoms with Crippen LogP contribution in [0.4, 0.5) is 4.39 Å². The third-order valence-electron chi connectivity index (χ3n) is 3.02. The first-order chi connectivity index (χ1) is 8.68. The Morgan fingerprint density at radius 2 is 2.39 bits per heavy atom. The van der Waals surface area contributed by atoms with Crippen LogP contribution in [0.15, 0.2) is 18.2 Å². The van der Waals surface area contributed by atoms with Gasteiger partial charge in [0.05, 0.1) is 6.61 Å². The molecule has 1 atom stereocenters. The smallest absolute Gasteiger partial charge is 0.258 e. The third kappa shape index (κ3) is 2.98. The summed E-state index contributed by atoms with van der Waals surface area (Å²) in [4.78, 5) is 11.8. The fraction of sp³-hybridized carbons (Fsp3) is 0.462. The number of hydrogen-bond acceptors (Lipinski definition) is 3. The van der Waals surface area contributed by atoms with Crippen molar-refractivity contribution in [3.63, 3.8) is 0 Å². The molecule has 5 heteroatoms. The summed E-state index contributed by atoms with van der Waals surface area (Å²) in [6.45, 7) is 1.81. The lowest BCUT2D eigenvalue weighted by molar-refractivity contribution is 0.0535. The van der Waals surface area contributed by atoms with Crippen LogP contribution in [0.25, 0.3) is 0 Å². The molecule has 1 aromatic carbocycles. The van der Waals surface area contributed by atoms with E-state index in [2.05, 4.69) is 5.32 Å². The minimum absolute atomic E-state index is 0.261. The molecule has 1 unspecified atom stereocenters. The Kier molecular flexibility index (Phi) is 4.15. The minimum atomic E-state index is -0.715. The Morgan fingerprint density at radius 3 is 3.06 bits per heavy atom. The van der Waals surface area contributed by atoms with Crippen molar-refractivity contribution in [3.8, 4) is 5.75 Å². The lowest BCUT2D eigenvalue weighted by Gasteiger charge is -2.22. The molecule has 4 nitrogen and oxygen atoms in total. The maximum Gasteiger partial charge on any atom is 0.258 e. The van der Waals surface area contributed by atoms with Crippen LogP contribution in [0.2, 0.25) is 0 Å². The highest BCUT2D eigenvalue weighted by Crippen LogP contribution is 2.20. The molecule has 0 radical (unpaired) electrons. The van der Waals surface area contributed by atoms with Gasteiger partial charge in [-0.2, -0.15) is 0 Å². The number of nitrogens with one attached hydrogen (secondary N) is 1. The number of phenols is 1. The van der Waals surface area contributed by atoms with E-state index in [-0.39, 0.29) is 17.2 Å². The molecule has 1 heterocycles. The summed E-state index contributed by atoms with van der Waals surface area (Å²) in [5.74, 6) is -1.38. The van der Waals surface area contributed by atoms with Crippen molar-refractivity contribution < 1.29 is 19.0 Å². The highest BCUT2D eigenvalue weighted by atomic mass is 19.1. The van der Waals surface area contributed by atoms with E-state index >= 15 is 0 Å². The number of carbonyl (C=O) groups is 1. The van der Waals surface area contributed by atoms with E-state index in [1.165, 1.54) is 12.1 Å². The number of hydrogen-bond donors (Lipinski definition) is 2. The van der Waals surface area contributed by atoms with Crippen LogP contribution in [0.5, 0.6) is 5.75 Å². The van der Waals surface area contributed by atoms with Gasteiger partial charge in [0.1, 0.15) is 17.1 Å². The molecular formula is C13H16FNO3. The maximum absolute atomic E-state index is 13.4. The largest absolute Gasteiger partial charge is 0.507 e. The average molecular weight is 253 g/mol. The highest BCUT2D eigenvalue weighted by Gasteiger charge is 2.19. The average Bonchev–Trinajstić information content (AvgIpc) is 2.37. The van der Waals surface area contributed by atoms with Gasteiger partial charge in [0.2, 0.25) is 0 Å². The number of phenolic OH excluding ortho intramolecular Hbond substituents is 1. The molecule has 0 saturated carbocycles. The Balaban J connectivity index is 1.95. The Hall–Kier alpha value is -1.62. The number of carbonyl (C=O) groups excluding carboxylic acids is 1. The molecule has 98 valence electrons. The van der Waals surface area contributed by atoms with E-state index in [4.69, 9.17) is 4.74 Å². The summed E-state index contributed by atoms with van der Waals surface area (Å²) in [6, 6.07) is 3.80. The van der Waals surface area contributed by atoms with Crippen molar-refractivity contribution in [2.24, 2.45) is 5.92 Å². The van der Waals surface area contributed by atoms with Crippen LogP contribution in [-0.2, 0) is 4.74 Å². The van der Waals surface area contributed by atoms with Gasteiger partial charge in [-0.25, -0.2) is 4.39 Å². The molecule has 1 amide bonds. The first kappa shape index (κ1) is 12.8. The van der Waals surface area contributed by atoms with Crippen LogP contribution in [0.1, 0.15) is 23.2 Å². The number of halogens is 1. The topological polar surface area (TPSA) is 58.6 Å². The van der Waals surface area contributed by atoms with Crippen molar-refractivity contribution in [2.45, 2.75) is 12.8 Å². The first-order valence-electron chi connectivity index (χ1n) is 6.02. The molecule has 0 aliphatic carbocycles. The van der Waals surface area contributed by atoms with E-state index in [1.54, 1.807) is 0 Å². The SMILES string of the molecule is O=C(NCC1CCCOC1)c1c(O)cccc1F. The number of amides is 1. The highest BCUT2D eigenvalue weighted by molar-refractivity contribution is 5.97. The standard InChI is InChI=1S/C13H16FNO3/c14-10-4-1-5-11(16)12(10)13(17)15-7-9-3-2-6-18-8-9/h1,4-5,9,16H,2-3,6-8H2,(H,15,17). The first-order valence-corrected chi connectivity index (χ1v) is 6.02.